The Kier molecular flexibility index (Phi) is 26.5. The zero-order valence-corrected chi connectivity index (χ0v) is 19.2. The summed E-state index contributed by atoms with van der Waals surface area (Å²) in [5.41, 5.74) is 0. The van der Waals surface area contributed by atoms with Gasteiger partial charge in [-0.15, -0.1) is 0 Å². The number of aliphatic carboxylic acids is 1. The van der Waals surface area contributed by atoms with Crippen molar-refractivity contribution in [2.45, 2.75) is 122 Å². The van der Waals surface area contributed by atoms with Gasteiger partial charge in [0.15, 0.2) is 0 Å². The Labute approximate surface area is 188 Å². The second-order valence-electron chi connectivity index (χ2n) is 6.80. The molecule has 0 aromatic carbocycles. The summed E-state index contributed by atoms with van der Waals surface area (Å²) in [4.78, 5) is 10.4. The molecule has 0 fully saturated rings. The van der Waals surface area contributed by atoms with Crippen LogP contribution in [0.4, 0.5) is 0 Å². The van der Waals surface area contributed by atoms with Crippen LogP contribution in [0.15, 0.2) is 0 Å². The van der Waals surface area contributed by atoms with E-state index >= 15 is 0 Å². The van der Waals surface area contributed by atoms with Crippen LogP contribution in [0.3, 0.4) is 0 Å². The van der Waals surface area contributed by atoms with Crippen molar-refractivity contribution in [3.63, 3.8) is 0 Å². The molecule has 0 unspecified atom stereocenters. The van der Waals surface area contributed by atoms with E-state index in [0.29, 0.717) is 6.42 Å². The Morgan fingerprint density at radius 2 is 0.826 bits per heavy atom. The summed E-state index contributed by atoms with van der Waals surface area (Å²) in [6.45, 7) is 2.28. The second kappa shape index (κ2) is 23.1. The van der Waals surface area contributed by atoms with Crippen LogP contribution >= 0.6 is 0 Å². The zero-order chi connectivity index (χ0) is 16.3. The van der Waals surface area contributed by atoms with Crippen LogP contribution in [-0.4, -0.2) is 62.5 Å². The van der Waals surface area contributed by atoms with E-state index in [1.54, 1.807) is 0 Å². The smallest absolute Gasteiger partial charge is 0.303 e. The van der Waals surface area contributed by atoms with E-state index in [9.17, 15) is 4.79 Å². The van der Waals surface area contributed by atoms with E-state index in [1.165, 1.54) is 96.3 Å². The molecule has 0 bridgehead atoms. The molecule has 0 amide bonds. The Morgan fingerprint density at radius 3 is 1.09 bits per heavy atom. The van der Waals surface area contributed by atoms with Crippen LogP contribution in [0, 0.1) is 0 Å². The van der Waals surface area contributed by atoms with Crippen molar-refractivity contribution >= 4 is 57.4 Å². The first kappa shape index (κ1) is 26.3. The molecule has 0 aliphatic carbocycles. The molecule has 0 aliphatic rings. The molecule has 133 valence electrons. The van der Waals surface area contributed by atoms with E-state index in [1.807, 2.05) is 0 Å². The van der Waals surface area contributed by atoms with Gasteiger partial charge in [-0.05, 0) is 6.42 Å². The molecule has 0 aromatic rings. The van der Waals surface area contributed by atoms with Crippen molar-refractivity contribution in [1.29, 1.82) is 0 Å². The Bertz CT molecular complexity index is 232. The van der Waals surface area contributed by atoms with Gasteiger partial charge < -0.3 is 5.11 Å². The third-order valence-electron chi connectivity index (χ3n) is 4.49. The molecular formula is C20H40KO2. The molecule has 0 aliphatic heterocycles. The van der Waals surface area contributed by atoms with Crippen LogP contribution in [0.25, 0.3) is 0 Å². The largest absolute Gasteiger partial charge is 0.481 e. The molecule has 0 atom stereocenters. The van der Waals surface area contributed by atoms with E-state index < -0.39 is 5.97 Å². The summed E-state index contributed by atoms with van der Waals surface area (Å²) in [6, 6.07) is 0. The molecular weight excluding hydrogens is 311 g/mol. The van der Waals surface area contributed by atoms with Crippen molar-refractivity contribution in [3.8, 4) is 0 Å². The van der Waals surface area contributed by atoms with E-state index in [0.717, 1.165) is 12.8 Å². The van der Waals surface area contributed by atoms with Gasteiger partial charge in [-0.2, -0.15) is 0 Å². The summed E-state index contributed by atoms with van der Waals surface area (Å²) in [5, 5.41) is 8.54. The van der Waals surface area contributed by atoms with Gasteiger partial charge >= 0.3 is 5.97 Å². The third kappa shape index (κ3) is 25.5. The number of rotatable bonds is 18. The second-order valence-corrected chi connectivity index (χ2v) is 6.80. The number of carboxylic acids is 1. The zero-order valence-electron chi connectivity index (χ0n) is 16.1. The van der Waals surface area contributed by atoms with Crippen LogP contribution in [-0.2, 0) is 4.79 Å². The maximum absolute atomic E-state index is 10.4. The Balaban J connectivity index is 0. The molecule has 2 nitrogen and oxygen atoms in total. The molecule has 23 heavy (non-hydrogen) atoms. The fraction of sp³-hybridized carbons (Fsp3) is 0.950. The Hall–Kier alpha value is 1.11. The molecule has 0 aromatic heterocycles. The summed E-state index contributed by atoms with van der Waals surface area (Å²) in [5.74, 6) is -0.652. The third-order valence-corrected chi connectivity index (χ3v) is 4.49. The molecule has 0 rings (SSSR count). The molecule has 0 saturated carbocycles. The number of carboxylic acid groups (broad SMARTS) is 1. The quantitative estimate of drug-likeness (QED) is 0.219. The fourth-order valence-corrected chi connectivity index (χ4v) is 3.00. The minimum Gasteiger partial charge on any atom is -0.481 e. The summed E-state index contributed by atoms with van der Waals surface area (Å²) in [7, 11) is 0. The van der Waals surface area contributed by atoms with Gasteiger partial charge in [0.25, 0.3) is 0 Å². The van der Waals surface area contributed by atoms with Crippen LogP contribution < -0.4 is 0 Å². The topological polar surface area (TPSA) is 37.3 Å². The first-order valence-electron chi connectivity index (χ1n) is 9.99. The van der Waals surface area contributed by atoms with E-state index in [-0.39, 0.29) is 51.4 Å². The molecule has 3 heteroatoms. The van der Waals surface area contributed by atoms with Gasteiger partial charge in [-0.1, -0.05) is 110 Å². The Morgan fingerprint density at radius 1 is 0.565 bits per heavy atom. The fourth-order valence-electron chi connectivity index (χ4n) is 3.00. The van der Waals surface area contributed by atoms with Gasteiger partial charge in [0.05, 0.1) is 0 Å². The minimum atomic E-state index is -0.652. The van der Waals surface area contributed by atoms with Crippen LogP contribution in [0.1, 0.15) is 122 Å². The summed E-state index contributed by atoms with van der Waals surface area (Å²) < 4.78 is 0. The molecule has 1 N–H and O–H groups in total. The monoisotopic (exact) mass is 351 g/mol. The first-order chi connectivity index (χ1) is 10.8. The van der Waals surface area contributed by atoms with Crippen molar-refractivity contribution in [1.82, 2.24) is 0 Å². The number of carbonyl (C=O) groups is 1. The SMILES string of the molecule is CCCCCCCCCCCCCCCCCCCC(=O)O.[K]. The summed E-state index contributed by atoms with van der Waals surface area (Å²) >= 11 is 0. The molecule has 0 spiro atoms. The number of hydrogen-bond acceptors (Lipinski definition) is 1. The van der Waals surface area contributed by atoms with Crippen molar-refractivity contribution in [2.24, 2.45) is 0 Å². The number of hydrogen-bond donors (Lipinski definition) is 1. The average molecular weight is 352 g/mol. The van der Waals surface area contributed by atoms with Gasteiger partial charge in [0.2, 0.25) is 0 Å². The van der Waals surface area contributed by atoms with Gasteiger partial charge in [-0.25, -0.2) is 0 Å². The maximum atomic E-state index is 10.4. The first-order valence-corrected chi connectivity index (χ1v) is 9.99. The van der Waals surface area contributed by atoms with Gasteiger partial charge in [0.1, 0.15) is 0 Å². The van der Waals surface area contributed by atoms with Crippen LogP contribution in [0.5, 0.6) is 0 Å². The molecule has 1 radical (unpaired) electrons. The predicted octanol–water partition coefficient (Wildman–Crippen LogP) is 6.73. The van der Waals surface area contributed by atoms with Crippen molar-refractivity contribution < 1.29 is 9.90 Å². The molecule has 0 heterocycles. The maximum Gasteiger partial charge on any atom is 0.303 e. The normalized spacial score (nSPS) is 10.5. The van der Waals surface area contributed by atoms with Crippen molar-refractivity contribution in [2.75, 3.05) is 0 Å². The average Bonchev–Trinajstić information content (AvgIpc) is 2.50. The predicted molar refractivity (Wildman–Crippen MR) is 102 cm³/mol. The van der Waals surface area contributed by atoms with Crippen LogP contribution in [0.2, 0.25) is 0 Å². The van der Waals surface area contributed by atoms with E-state index in [4.69, 9.17) is 5.11 Å². The van der Waals surface area contributed by atoms with Gasteiger partial charge in [-0.3, -0.25) is 4.79 Å². The molecule has 0 saturated heterocycles. The standard InChI is InChI=1S/C20H40O2.K/c1-2-3-4-5-6-7-8-9-10-11-12-13-14-15-16-17-18-19-20(21)22;/h2-19H2,1H3,(H,21,22);. The van der Waals surface area contributed by atoms with Gasteiger partial charge in [0, 0.05) is 57.8 Å². The minimum absolute atomic E-state index is 0. The van der Waals surface area contributed by atoms with E-state index in [2.05, 4.69) is 6.92 Å². The number of unbranched alkanes of at least 4 members (excludes halogenated alkanes) is 16. The van der Waals surface area contributed by atoms with Crippen molar-refractivity contribution in [3.05, 3.63) is 0 Å². The summed E-state index contributed by atoms with van der Waals surface area (Å²) in [6.07, 6.45) is 23.1.